The van der Waals surface area contributed by atoms with Crippen LogP contribution in [0.2, 0.25) is 0 Å². The van der Waals surface area contributed by atoms with Crippen LogP contribution in [-0.2, 0) is 0 Å². The number of phenolic OH excluding ortho intramolecular Hbond substituents is 1. The van der Waals surface area contributed by atoms with Gasteiger partial charge in [0.15, 0.2) is 6.29 Å². The molecule has 0 unspecified atom stereocenters. The summed E-state index contributed by atoms with van der Waals surface area (Å²) in [6.07, 6.45) is 0.430. The van der Waals surface area contributed by atoms with Crippen molar-refractivity contribution in [1.29, 1.82) is 0 Å². The molecular formula is C8H9NO5. The Labute approximate surface area is 79.6 Å². The van der Waals surface area contributed by atoms with Crippen LogP contribution in [0.15, 0.2) is 18.2 Å². The first-order chi connectivity index (χ1) is 6.65. The van der Waals surface area contributed by atoms with Crippen molar-refractivity contribution >= 4 is 12.0 Å². The van der Waals surface area contributed by atoms with Gasteiger partial charge >= 0.3 is 0 Å². The van der Waals surface area contributed by atoms with Gasteiger partial charge in [0.2, 0.25) is 0 Å². The maximum absolute atomic E-state index is 10.2. The van der Waals surface area contributed by atoms with Crippen LogP contribution in [0.25, 0.3) is 0 Å². The van der Waals surface area contributed by atoms with Crippen LogP contribution >= 0.6 is 0 Å². The van der Waals surface area contributed by atoms with E-state index in [1.54, 1.807) is 0 Å². The average Bonchev–Trinajstić information content (AvgIpc) is 2.20. The molecule has 0 aliphatic heterocycles. The Morgan fingerprint density at radius 3 is 2.36 bits per heavy atom. The number of hydrogen-bond acceptors (Lipinski definition) is 5. The van der Waals surface area contributed by atoms with Crippen molar-refractivity contribution in [3.8, 4) is 5.75 Å². The zero-order valence-electron chi connectivity index (χ0n) is 7.38. The second kappa shape index (κ2) is 5.65. The summed E-state index contributed by atoms with van der Waals surface area (Å²) in [6.45, 7) is 0. The highest BCUT2D eigenvalue weighted by atomic mass is 16.6. The summed E-state index contributed by atoms with van der Waals surface area (Å²) < 4.78 is 0. The normalized spacial score (nSPS) is 8.43. The first-order valence-electron chi connectivity index (χ1n) is 3.52. The molecule has 0 fully saturated rings. The van der Waals surface area contributed by atoms with Gasteiger partial charge in [-0.25, -0.2) is 0 Å². The molecule has 0 radical (unpaired) electrons. The lowest BCUT2D eigenvalue weighted by Crippen LogP contribution is -1.88. The van der Waals surface area contributed by atoms with Gasteiger partial charge in [-0.3, -0.25) is 14.9 Å². The number of non-ortho nitro benzene ring substituents is 1. The van der Waals surface area contributed by atoms with Crippen LogP contribution < -0.4 is 0 Å². The van der Waals surface area contributed by atoms with E-state index >= 15 is 0 Å². The van der Waals surface area contributed by atoms with Gasteiger partial charge in [-0.2, -0.15) is 0 Å². The van der Waals surface area contributed by atoms with E-state index in [1.807, 2.05) is 0 Å². The molecular weight excluding hydrogens is 190 g/mol. The summed E-state index contributed by atoms with van der Waals surface area (Å²) in [4.78, 5) is 19.7. The molecule has 0 saturated heterocycles. The standard InChI is InChI=1S/C7H5NO4.CH4O/c9-4-5-1-2-6(8(11)12)3-7(5)10;1-2/h1-4,10H;2H,1H3. The van der Waals surface area contributed by atoms with Crippen LogP contribution in [0.5, 0.6) is 5.75 Å². The second-order valence-corrected chi connectivity index (χ2v) is 2.12. The number of carbonyl (C=O) groups is 1. The smallest absolute Gasteiger partial charge is 0.273 e. The minimum atomic E-state index is -0.645. The third kappa shape index (κ3) is 2.83. The highest BCUT2D eigenvalue weighted by Gasteiger charge is 2.08. The van der Waals surface area contributed by atoms with Crippen molar-refractivity contribution in [3.05, 3.63) is 33.9 Å². The maximum Gasteiger partial charge on any atom is 0.273 e. The Balaban J connectivity index is 0.000000791. The summed E-state index contributed by atoms with van der Waals surface area (Å²) in [7, 11) is 1.00. The van der Waals surface area contributed by atoms with E-state index in [4.69, 9.17) is 10.2 Å². The molecule has 0 aliphatic rings. The van der Waals surface area contributed by atoms with E-state index in [9.17, 15) is 14.9 Å². The predicted octanol–water partition coefficient (Wildman–Crippen LogP) is 0.721. The fourth-order valence-electron chi connectivity index (χ4n) is 0.745. The third-order valence-electron chi connectivity index (χ3n) is 1.35. The van der Waals surface area contributed by atoms with Gasteiger partial charge in [0, 0.05) is 13.2 Å². The monoisotopic (exact) mass is 199 g/mol. The first-order valence-corrected chi connectivity index (χ1v) is 3.52. The van der Waals surface area contributed by atoms with E-state index in [0.29, 0.717) is 6.29 Å². The van der Waals surface area contributed by atoms with Gasteiger partial charge < -0.3 is 10.2 Å². The molecule has 1 aromatic rings. The van der Waals surface area contributed by atoms with E-state index in [1.165, 1.54) is 6.07 Å². The van der Waals surface area contributed by atoms with E-state index in [-0.39, 0.29) is 17.0 Å². The summed E-state index contributed by atoms with van der Waals surface area (Å²) >= 11 is 0. The number of phenols is 1. The van der Waals surface area contributed by atoms with E-state index in [2.05, 4.69) is 0 Å². The number of aliphatic hydroxyl groups is 1. The van der Waals surface area contributed by atoms with Crippen molar-refractivity contribution in [3.63, 3.8) is 0 Å². The predicted molar refractivity (Wildman–Crippen MR) is 48.3 cm³/mol. The molecule has 0 saturated carbocycles. The fourth-order valence-corrected chi connectivity index (χ4v) is 0.745. The highest BCUT2D eigenvalue weighted by Crippen LogP contribution is 2.21. The Morgan fingerprint density at radius 2 is 2.00 bits per heavy atom. The van der Waals surface area contributed by atoms with Crippen molar-refractivity contribution in [2.75, 3.05) is 7.11 Å². The molecule has 0 aliphatic carbocycles. The molecule has 1 rings (SSSR count). The molecule has 6 heteroatoms. The SMILES string of the molecule is CO.O=Cc1ccc([N+](=O)[O-])cc1O. The zero-order chi connectivity index (χ0) is 11.1. The Hall–Kier alpha value is -1.95. The lowest BCUT2D eigenvalue weighted by Gasteiger charge is -1.95. The third-order valence-corrected chi connectivity index (χ3v) is 1.35. The average molecular weight is 199 g/mol. The Kier molecular flexibility index (Phi) is 4.87. The number of hydrogen-bond donors (Lipinski definition) is 2. The van der Waals surface area contributed by atoms with Gasteiger partial charge in [-0.1, -0.05) is 0 Å². The molecule has 76 valence electrons. The van der Waals surface area contributed by atoms with Crippen molar-refractivity contribution in [1.82, 2.24) is 0 Å². The number of nitro groups is 1. The molecule has 0 aromatic heterocycles. The second-order valence-electron chi connectivity index (χ2n) is 2.12. The summed E-state index contributed by atoms with van der Waals surface area (Å²) in [5.41, 5.74) is -0.196. The minimum Gasteiger partial charge on any atom is -0.507 e. The van der Waals surface area contributed by atoms with E-state index in [0.717, 1.165) is 19.2 Å². The number of nitro benzene ring substituents is 1. The first kappa shape index (κ1) is 12.0. The maximum atomic E-state index is 10.2. The lowest BCUT2D eigenvalue weighted by molar-refractivity contribution is -0.384. The molecule has 0 heterocycles. The summed E-state index contributed by atoms with van der Waals surface area (Å²) in [5, 5.41) is 26.2. The molecule has 2 N–H and O–H groups in total. The molecule has 0 amide bonds. The summed E-state index contributed by atoms with van der Waals surface area (Å²) in [5.74, 6) is -0.376. The lowest BCUT2D eigenvalue weighted by atomic mass is 10.2. The quantitative estimate of drug-likeness (QED) is 0.415. The number of aldehydes is 1. The topological polar surface area (TPSA) is 101 Å². The fraction of sp³-hybridized carbons (Fsp3) is 0.125. The Morgan fingerprint density at radius 1 is 1.43 bits per heavy atom. The zero-order valence-corrected chi connectivity index (χ0v) is 7.38. The number of aliphatic hydroxyl groups excluding tert-OH is 1. The molecule has 1 aromatic carbocycles. The number of rotatable bonds is 2. The number of nitrogens with zero attached hydrogens (tertiary/aromatic N) is 1. The molecule has 0 spiro atoms. The van der Waals surface area contributed by atoms with Crippen molar-refractivity contribution in [2.24, 2.45) is 0 Å². The number of benzene rings is 1. The largest absolute Gasteiger partial charge is 0.507 e. The van der Waals surface area contributed by atoms with Gasteiger partial charge in [-0.15, -0.1) is 0 Å². The van der Waals surface area contributed by atoms with E-state index < -0.39 is 4.92 Å². The van der Waals surface area contributed by atoms with Crippen LogP contribution in [0.1, 0.15) is 10.4 Å². The summed E-state index contributed by atoms with van der Waals surface area (Å²) in [6, 6.07) is 3.29. The van der Waals surface area contributed by atoms with Gasteiger partial charge in [0.05, 0.1) is 16.6 Å². The van der Waals surface area contributed by atoms with Crippen LogP contribution in [-0.4, -0.2) is 28.5 Å². The molecule has 0 bridgehead atoms. The van der Waals surface area contributed by atoms with Crippen molar-refractivity contribution in [2.45, 2.75) is 0 Å². The van der Waals surface area contributed by atoms with Crippen LogP contribution in [0, 0.1) is 10.1 Å². The Bertz CT molecular complexity index is 337. The number of carbonyl (C=O) groups excluding carboxylic acids is 1. The van der Waals surface area contributed by atoms with Crippen LogP contribution in [0.4, 0.5) is 5.69 Å². The van der Waals surface area contributed by atoms with Gasteiger partial charge in [0.25, 0.3) is 5.69 Å². The van der Waals surface area contributed by atoms with Crippen molar-refractivity contribution < 1.29 is 19.9 Å². The van der Waals surface area contributed by atoms with Gasteiger partial charge in [-0.05, 0) is 6.07 Å². The van der Waals surface area contributed by atoms with Crippen LogP contribution in [0.3, 0.4) is 0 Å². The molecule has 14 heavy (non-hydrogen) atoms. The number of aromatic hydroxyl groups is 1. The highest BCUT2D eigenvalue weighted by molar-refractivity contribution is 5.79. The minimum absolute atomic E-state index is 0.0422. The molecule has 6 nitrogen and oxygen atoms in total. The van der Waals surface area contributed by atoms with Gasteiger partial charge in [0.1, 0.15) is 5.75 Å². The molecule has 0 atom stereocenters.